The molecule has 0 heterocycles. The number of carbonyl (C=O) groups excluding carboxylic acids is 1. The highest BCUT2D eigenvalue weighted by molar-refractivity contribution is 5.75. The van der Waals surface area contributed by atoms with Crippen LogP contribution in [0.25, 0.3) is 0 Å². The van der Waals surface area contributed by atoms with Gasteiger partial charge < -0.3 is 5.32 Å². The zero-order valence-corrected chi connectivity index (χ0v) is 10.5. The van der Waals surface area contributed by atoms with Gasteiger partial charge in [-0.15, -0.1) is 0 Å². The van der Waals surface area contributed by atoms with Crippen LogP contribution in [0.5, 0.6) is 0 Å². The number of amides is 1. The molecule has 0 aromatic carbocycles. The summed E-state index contributed by atoms with van der Waals surface area (Å²) >= 11 is 0. The Morgan fingerprint density at radius 3 is 2.50 bits per heavy atom. The summed E-state index contributed by atoms with van der Waals surface area (Å²) in [5.41, 5.74) is 0. The van der Waals surface area contributed by atoms with Crippen molar-refractivity contribution in [3.05, 3.63) is 4.91 Å². The molecule has 0 aliphatic heterocycles. The standard InChI is InChI=1S/C12H24N2O2/c1-11(2)8-10-13-12(15)7-5-3-4-6-9-14-16/h11H,3-10H2,1-2H3,(H,13,15). The maximum Gasteiger partial charge on any atom is 0.219 e. The van der Waals surface area contributed by atoms with Crippen LogP contribution in [0.4, 0.5) is 0 Å². The Bertz CT molecular complexity index is 193. The minimum atomic E-state index is 0.147. The van der Waals surface area contributed by atoms with Gasteiger partial charge in [0.1, 0.15) is 0 Å². The first-order valence-electron chi connectivity index (χ1n) is 6.22. The van der Waals surface area contributed by atoms with Crippen LogP contribution in [-0.2, 0) is 4.79 Å². The van der Waals surface area contributed by atoms with E-state index >= 15 is 0 Å². The quantitative estimate of drug-likeness (QED) is 0.461. The van der Waals surface area contributed by atoms with Crippen molar-refractivity contribution in [2.24, 2.45) is 11.1 Å². The molecular formula is C12H24N2O2. The van der Waals surface area contributed by atoms with Crippen LogP contribution in [0.3, 0.4) is 0 Å². The number of nitrogens with one attached hydrogen (secondary N) is 1. The van der Waals surface area contributed by atoms with Crippen LogP contribution >= 0.6 is 0 Å². The summed E-state index contributed by atoms with van der Waals surface area (Å²) in [5, 5.41) is 5.70. The topological polar surface area (TPSA) is 58.5 Å². The van der Waals surface area contributed by atoms with Crippen molar-refractivity contribution in [3.63, 3.8) is 0 Å². The maximum absolute atomic E-state index is 11.3. The molecule has 0 aliphatic carbocycles. The first kappa shape index (κ1) is 15.1. The van der Waals surface area contributed by atoms with Crippen molar-refractivity contribution in [1.82, 2.24) is 5.32 Å². The van der Waals surface area contributed by atoms with E-state index in [1.54, 1.807) is 0 Å². The summed E-state index contributed by atoms with van der Waals surface area (Å²) in [6.07, 6.45) is 5.40. The normalized spacial score (nSPS) is 10.4. The molecule has 0 atom stereocenters. The minimum absolute atomic E-state index is 0.147. The van der Waals surface area contributed by atoms with Gasteiger partial charge in [-0.3, -0.25) is 4.79 Å². The molecule has 0 aliphatic rings. The molecule has 0 radical (unpaired) electrons. The molecule has 0 saturated carbocycles. The molecule has 0 bridgehead atoms. The van der Waals surface area contributed by atoms with Crippen molar-refractivity contribution >= 4 is 5.91 Å². The average Bonchev–Trinajstić information content (AvgIpc) is 2.22. The zero-order valence-electron chi connectivity index (χ0n) is 10.5. The third-order valence-electron chi connectivity index (χ3n) is 2.45. The zero-order chi connectivity index (χ0) is 12.2. The van der Waals surface area contributed by atoms with Crippen LogP contribution in [0.2, 0.25) is 0 Å². The van der Waals surface area contributed by atoms with Gasteiger partial charge in [-0.25, -0.2) is 0 Å². The largest absolute Gasteiger partial charge is 0.356 e. The molecule has 4 heteroatoms. The van der Waals surface area contributed by atoms with Gasteiger partial charge in [0.15, 0.2) is 0 Å². The summed E-state index contributed by atoms with van der Waals surface area (Å²) in [5.74, 6) is 0.783. The van der Waals surface area contributed by atoms with Gasteiger partial charge >= 0.3 is 0 Å². The van der Waals surface area contributed by atoms with E-state index in [1.807, 2.05) is 0 Å². The second-order valence-electron chi connectivity index (χ2n) is 4.55. The van der Waals surface area contributed by atoms with E-state index < -0.39 is 0 Å². The Labute approximate surface area is 98.2 Å². The van der Waals surface area contributed by atoms with Gasteiger partial charge in [-0.2, -0.15) is 4.91 Å². The highest BCUT2D eigenvalue weighted by Gasteiger charge is 2.01. The van der Waals surface area contributed by atoms with Crippen LogP contribution in [0.15, 0.2) is 5.18 Å². The number of carbonyl (C=O) groups is 1. The van der Waals surface area contributed by atoms with Gasteiger partial charge in [-0.1, -0.05) is 31.9 Å². The molecule has 0 saturated heterocycles. The summed E-state index contributed by atoms with van der Waals surface area (Å²) < 4.78 is 0. The van der Waals surface area contributed by atoms with Crippen molar-refractivity contribution in [3.8, 4) is 0 Å². The van der Waals surface area contributed by atoms with E-state index in [0.717, 1.165) is 38.6 Å². The van der Waals surface area contributed by atoms with E-state index in [9.17, 15) is 9.70 Å². The predicted molar refractivity (Wildman–Crippen MR) is 66.2 cm³/mol. The predicted octanol–water partition coefficient (Wildman–Crippen LogP) is 2.87. The first-order chi connectivity index (χ1) is 7.66. The molecule has 0 fully saturated rings. The second kappa shape index (κ2) is 10.6. The van der Waals surface area contributed by atoms with E-state index in [0.29, 0.717) is 18.9 Å². The van der Waals surface area contributed by atoms with E-state index in [1.165, 1.54) is 0 Å². The number of nitroso groups, excluding NO2 is 1. The molecule has 94 valence electrons. The molecule has 0 aromatic rings. The van der Waals surface area contributed by atoms with E-state index in [4.69, 9.17) is 0 Å². The van der Waals surface area contributed by atoms with E-state index in [2.05, 4.69) is 24.3 Å². The molecule has 1 amide bonds. The number of hydrogen-bond donors (Lipinski definition) is 1. The monoisotopic (exact) mass is 228 g/mol. The Morgan fingerprint density at radius 2 is 1.88 bits per heavy atom. The van der Waals surface area contributed by atoms with Crippen LogP contribution in [0.1, 0.15) is 52.4 Å². The highest BCUT2D eigenvalue weighted by atomic mass is 16.3. The number of nitrogens with zero attached hydrogens (tertiary/aromatic N) is 1. The summed E-state index contributed by atoms with van der Waals surface area (Å²) in [6, 6.07) is 0. The molecule has 0 spiro atoms. The summed E-state index contributed by atoms with van der Waals surface area (Å²) in [7, 11) is 0. The molecule has 16 heavy (non-hydrogen) atoms. The van der Waals surface area contributed by atoms with Gasteiger partial charge in [-0.05, 0) is 25.2 Å². The fourth-order valence-electron chi connectivity index (χ4n) is 1.40. The van der Waals surface area contributed by atoms with Crippen LogP contribution in [0, 0.1) is 10.8 Å². The van der Waals surface area contributed by atoms with Gasteiger partial charge in [0, 0.05) is 13.0 Å². The fraction of sp³-hybridized carbons (Fsp3) is 0.917. The van der Waals surface area contributed by atoms with Gasteiger partial charge in [0.05, 0.1) is 6.54 Å². The maximum atomic E-state index is 11.3. The first-order valence-corrected chi connectivity index (χ1v) is 6.22. The Balaban J connectivity index is 3.20. The lowest BCUT2D eigenvalue weighted by atomic mass is 10.1. The van der Waals surface area contributed by atoms with Crippen molar-refractivity contribution in [1.29, 1.82) is 0 Å². The molecule has 0 rings (SSSR count). The minimum Gasteiger partial charge on any atom is -0.356 e. The van der Waals surface area contributed by atoms with Crippen molar-refractivity contribution in [2.45, 2.75) is 52.4 Å². The smallest absolute Gasteiger partial charge is 0.219 e. The summed E-state index contributed by atoms with van der Waals surface area (Å²) in [6.45, 7) is 5.48. The Morgan fingerprint density at radius 1 is 1.19 bits per heavy atom. The third-order valence-corrected chi connectivity index (χ3v) is 2.45. The fourth-order valence-corrected chi connectivity index (χ4v) is 1.40. The van der Waals surface area contributed by atoms with Crippen molar-refractivity contribution in [2.75, 3.05) is 13.1 Å². The lowest BCUT2D eigenvalue weighted by Crippen LogP contribution is -2.24. The molecule has 1 N–H and O–H groups in total. The Kier molecular flexibility index (Phi) is 9.97. The van der Waals surface area contributed by atoms with Crippen LogP contribution in [-0.4, -0.2) is 19.0 Å². The molecule has 4 nitrogen and oxygen atoms in total. The summed E-state index contributed by atoms with van der Waals surface area (Å²) in [4.78, 5) is 21.1. The van der Waals surface area contributed by atoms with Crippen molar-refractivity contribution < 1.29 is 4.79 Å². The lowest BCUT2D eigenvalue weighted by molar-refractivity contribution is -0.121. The van der Waals surface area contributed by atoms with Gasteiger partial charge in [0.25, 0.3) is 0 Å². The third kappa shape index (κ3) is 11.1. The SMILES string of the molecule is CC(C)CCNC(=O)CCCCCCN=O. The number of rotatable bonds is 10. The lowest BCUT2D eigenvalue weighted by Gasteiger charge is -2.06. The van der Waals surface area contributed by atoms with Crippen LogP contribution < -0.4 is 5.32 Å². The number of hydrogen-bond acceptors (Lipinski definition) is 3. The molecule has 0 unspecified atom stereocenters. The van der Waals surface area contributed by atoms with E-state index in [-0.39, 0.29) is 5.91 Å². The van der Waals surface area contributed by atoms with Gasteiger partial charge in [0.2, 0.25) is 5.91 Å². The average molecular weight is 228 g/mol. The number of unbranched alkanes of at least 4 members (excludes halogenated alkanes) is 3. The highest BCUT2D eigenvalue weighted by Crippen LogP contribution is 2.03. The molecule has 0 aromatic heterocycles. The molecular weight excluding hydrogens is 204 g/mol. The second-order valence-corrected chi connectivity index (χ2v) is 4.55. The Hall–Kier alpha value is -0.930.